The van der Waals surface area contributed by atoms with Gasteiger partial charge in [0.15, 0.2) is 0 Å². The number of esters is 1. The van der Waals surface area contributed by atoms with Gasteiger partial charge in [-0.3, -0.25) is 9.59 Å². The van der Waals surface area contributed by atoms with E-state index in [0.717, 1.165) is 11.4 Å². The van der Waals surface area contributed by atoms with E-state index in [9.17, 15) is 9.59 Å². The molecule has 1 amide bonds. The Morgan fingerprint density at radius 2 is 2.12 bits per heavy atom. The molecule has 0 saturated heterocycles. The highest BCUT2D eigenvalue weighted by molar-refractivity contribution is 6.30. The van der Waals surface area contributed by atoms with Crippen LogP contribution in [-0.4, -0.2) is 47.3 Å². The van der Waals surface area contributed by atoms with E-state index in [0.29, 0.717) is 23.6 Å². The number of rotatable bonds is 6. The van der Waals surface area contributed by atoms with E-state index in [1.807, 2.05) is 19.1 Å². The van der Waals surface area contributed by atoms with Crippen LogP contribution in [0.1, 0.15) is 28.9 Å². The third-order valence-corrected chi connectivity index (χ3v) is 3.98. The SMILES string of the molecule is COC(=O)CCCN(C)C(=O)c1cnn(-c2cccc(Cl)c2)c1C. The minimum atomic E-state index is -0.277. The number of ether oxygens (including phenoxy) is 1. The van der Waals surface area contributed by atoms with Crippen LogP contribution in [0.2, 0.25) is 5.02 Å². The third kappa shape index (κ3) is 4.14. The third-order valence-electron chi connectivity index (χ3n) is 3.74. The summed E-state index contributed by atoms with van der Waals surface area (Å²) in [6.45, 7) is 2.30. The molecule has 0 radical (unpaired) electrons. The van der Waals surface area contributed by atoms with Gasteiger partial charge in [0.1, 0.15) is 0 Å². The van der Waals surface area contributed by atoms with Gasteiger partial charge in [0, 0.05) is 25.0 Å². The molecule has 0 aliphatic heterocycles. The molecule has 7 heteroatoms. The van der Waals surface area contributed by atoms with Crippen LogP contribution in [0.4, 0.5) is 0 Å². The van der Waals surface area contributed by atoms with Gasteiger partial charge in [-0.25, -0.2) is 4.68 Å². The van der Waals surface area contributed by atoms with Gasteiger partial charge in [-0.05, 0) is 31.5 Å². The number of carbonyl (C=O) groups is 2. The normalized spacial score (nSPS) is 10.5. The minimum Gasteiger partial charge on any atom is -0.469 e. The van der Waals surface area contributed by atoms with Crippen molar-refractivity contribution in [3.05, 3.63) is 46.7 Å². The monoisotopic (exact) mass is 349 g/mol. The molecule has 6 nitrogen and oxygen atoms in total. The van der Waals surface area contributed by atoms with E-state index in [2.05, 4.69) is 9.84 Å². The summed E-state index contributed by atoms with van der Waals surface area (Å²) < 4.78 is 6.27. The van der Waals surface area contributed by atoms with Gasteiger partial charge < -0.3 is 9.64 Å². The van der Waals surface area contributed by atoms with Crippen LogP contribution in [0.5, 0.6) is 0 Å². The summed E-state index contributed by atoms with van der Waals surface area (Å²) in [6.07, 6.45) is 2.39. The van der Waals surface area contributed by atoms with E-state index in [1.165, 1.54) is 7.11 Å². The van der Waals surface area contributed by atoms with Crippen molar-refractivity contribution in [2.24, 2.45) is 0 Å². The molecule has 1 aromatic heterocycles. The highest BCUT2D eigenvalue weighted by Crippen LogP contribution is 2.18. The van der Waals surface area contributed by atoms with Crippen molar-refractivity contribution in [3.63, 3.8) is 0 Å². The number of benzene rings is 1. The van der Waals surface area contributed by atoms with Crippen LogP contribution >= 0.6 is 11.6 Å². The molecule has 1 heterocycles. The zero-order valence-corrected chi connectivity index (χ0v) is 14.7. The zero-order valence-electron chi connectivity index (χ0n) is 14.0. The first-order valence-electron chi connectivity index (χ1n) is 7.57. The fourth-order valence-corrected chi connectivity index (χ4v) is 2.54. The fourth-order valence-electron chi connectivity index (χ4n) is 2.36. The Morgan fingerprint density at radius 1 is 1.38 bits per heavy atom. The van der Waals surface area contributed by atoms with E-state index >= 15 is 0 Å². The molecule has 0 atom stereocenters. The molecule has 1 aromatic carbocycles. The largest absolute Gasteiger partial charge is 0.469 e. The van der Waals surface area contributed by atoms with Gasteiger partial charge in [-0.15, -0.1) is 0 Å². The zero-order chi connectivity index (χ0) is 17.7. The highest BCUT2D eigenvalue weighted by atomic mass is 35.5. The highest BCUT2D eigenvalue weighted by Gasteiger charge is 2.18. The molecule has 0 fully saturated rings. The maximum Gasteiger partial charge on any atom is 0.305 e. The quantitative estimate of drug-likeness (QED) is 0.752. The molecule has 128 valence electrons. The lowest BCUT2D eigenvalue weighted by Gasteiger charge is -2.16. The molecule has 2 aromatic rings. The van der Waals surface area contributed by atoms with Gasteiger partial charge in [0.05, 0.1) is 30.3 Å². The van der Waals surface area contributed by atoms with Crippen molar-refractivity contribution in [1.82, 2.24) is 14.7 Å². The Morgan fingerprint density at radius 3 is 2.79 bits per heavy atom. The Hall–Kier alpha value is -2.34. The topological polar surface area (TPSA) is 64.4 Å². The predicted molar refractivity (Wildman–Crippen MR) is 91.5 cm³/mol. The predicted octanol–water partition coefficient (Wildman–Crippen LogP) is 2.86. The molecular formula is C17H20ClN3O3. The molecule has 0 saturated carbocycles. The molecule has 0 aliphatic carbocycles. The Labute approximate surface area is 146 Å². The summed E-state index contributed by atoms with van der Waals surface area (Å²) in [4.78, 5) is 25.3. The first-order valence-corrected chi connectivity index (χ1v) is 7.94. The number of hydrogen-bond donors (Lipinski definition) is 0. The molecule has 0 spiro atoms. The smallest absolute Gasteiger partial charge is 0.305 e. The van der Waals surface area contributed by atoms with Gasteiger partial charge in [-0.2, -0.15) is 5.10 Å². The maximum atomic E-state index is 12.6. The van der Waals surface area contributed by atoms with E-state index in [-0.39, 0.29) is 18.3 Å². The van der Waals surface area contributed by atoms with Gasteiger partial charge in [0.2, 0.25) is 0 Å². The summed E-state index contributed by atoms with van der Waals surface area (Å²) in [5, 5.41) is 4.90. The second kappa shape index (κ2) is 7.97. The first-order chi connectivity index (χ1) is 11.4. The summed E-state index contributed by atoms with van der Waals surface area (Å²) >= 11 is 6.01. The van der Waals surface area contributed by atoms with E-state index < -0.39 is 0 Å². The Bertz CT molecular complexity index is 742. The molecule has 24 heavy (non-hydrogen) atoms. The van der Waals surface area contributed by atoms with Gasteiger partial charge in [0.25, 0.3) is 5.91 Å². The number of nitrogens with zero attached hydrogens (tertiary/aromatic N) is 3. The average molecular weight is 350 g/mol. The molecular weight excluding hydrogens is 330 g/mol. The van der Waals surface area contributed by atoms with Crippen molar-refractivity contribution in [2.75, 3.05) is 20.7 Å². The maximum absolute atomic E-state index is 12.6. The van der Waals surface area contributed by atoms with Crippen molar-refractivity contribution in [2.45, 2.75) is 19.8 Å². The Kier molecular flexibility index (Phi) is 5.98. The summed E-state index contributed by atoms with van der Waals surface area (Å²) in [7, 11) is 3.06. The molecule has 0 unspecified atom stereocenters. The summed E-state index contributed by atoms with van der Waals surface area (Å²) in [6, 6.07) is 7.28. The fraction of sp³-hybridized carbons (Fsp3) is 0.353. The van der Waals surface area contributed by atoms with Crippen molar-refractivity contribution in [3.8, 4) is 5.69 Å². The molecule has 0 bridgehead atoms. The average Bonchev–Trinajstić information content (AvgIpc) is 2.95. The van der Waals surface area contributed by atoms with Crippen molar-refractivity contribution >= 4 is 23.5 Å². The van der Waals surface area contributed by atoms with E-state index in [4.69, 9.17) is 11.6 Å². The summed E-state index contributed by atoms with van der Waals surface area (Å²) in [5.41, 5.74) is 2.06. The van der Waals surface area contributed by atoms with Crippen molar-refractivity contribution in [1.29, 1.82) is 0 Å². The number of amides is 1. The van der Waals surface area contributed by atoms with Crippen LogP contribution in [0, 0.1) is 6.92 Å². The van der Waals surface area contributed by atoms with Gasteiger partial charge in [-0.1, -0.05) is 17.7 Å². The van der Waals surface area contributed by atoms with Crippen LogP contribution in [0.15, 0.2) is 30.5 Å². The van der Waals surface area contributed by atoms with Crippen molar-refractivity contribution < 1.29 is 14.3 Å². The second-order valence-corrected chi connectivity index (χ2v) is 5.88. The number of hydrogen-bond acceptors (Lipinski definition) is 4. The number of carbonyl (C=O) groups excluding carboxylic acids is 2. The van der Waals surface area contributed by atoms with Crippen LogP contribution in [-0.2, 0) is 9.53 Å². The van der Waals surface area contributed by atoms with Crippen LogP contribution < -0.4 is 0 Å². The van der Waals surface area contributed by atoms with E-state index in [1.54, 1.807) is 35.0 Å². The summed E-state index contributed by atoms with van der Waals surface area (Å²) in [5.74, 6) is -0.411. The molecule has 0 N–H and O–H groups in total. The van der Waals surface area contributed by atoms with Gasteiger partial charge >= 0.3 is 5.97 Å². The number of methoxy groups -OCH3 is 1. The second-order valence-electron chi connectivity index (χ2n) is 5.44. The molecule has 2 rings (SSSR count). The van der Waals surface area contributed by atoms with Crippen LogP contribution in [0.3, 0.4) is 0 Å². The first kappa shape index (κ1) is 18.0. The lowest BCUT2D eigenvalue weighted by atomic mass is 10.2. The standard InChI is InChI=1S/C17H20ClN3O3/c1-12-15(17(23)20(2)9-5-8-16(22)24-3)11-19-21(12)14-7-4-6-13(18)10-14/h4,6-7,10-11H,5,8-9H2,1-3H3. The number of aromatic nitrogens is 2. The van der Waals surface area contributed by atoms with Crippen LogP contribution in [0.25, 0.3) is 5.69 Å². The lowest BCUT2D eigenvalue weighted by molar-refractivity contribution is -0.140. The Balaban J connectivity index is 2.09. The minimum absolute atomic E-state index is 0.134. The number of halogens is 1. The lowest BCUT2D eigenvalue weighted by Crippen LogP contribution is -2.28. The molecule has 0 aliphatic rings.